The molecule has 0 aliphatic rings. The molecule has 0 aromatic heterocycles. The second kappa shape index (κ2) is 6.20. The van der Waals surface area contributed by atoms with Crippen LogP contribution in [0.4, 0.5) is 0 Å². The molecule has 0 aliphatic carbocycles. The number of esters is 1. The highest BCUT2D eigenvalue weighted by atomic mass is 35.7. The van der Waals surface area contributed by atoms with E-state index in [1.54, 1.807) is 26.0 Å². The first-order valence-corrected chi connectivity index (χ1v) is 7.85. The third kappa shape index (κ3) is 4.31. The third-order valence-electron chi connectivity index (χ3n) is 2.41. The fourth-order valence-electron chi connectivity index (χ4n) is 1.55. The zero-order valence-electron chi connectivity index (χ0n) is 10.2. The summed E-state index contributed by atoms with van der Waals surface area (Å²) in [5.74, 6) is -0.616. The fourth-order valence-corrected chi connectivity index (χ4v) is 2.37. The molecule has 0 radical (unpaired) electrons. The quantitative estimate of drug-likeness (QED) is 0.617. The van der Waals surface area contributed by atoms with Gasteiger partial charge in [-0.2, -0.15) is 0 Å². The Bertz CT molecular complexity index is 525. The van der Waals surface area contributed by atoms with Gasteiger partial charge in [0.25, 0.3) is 9.05 Å². The Kier molecular flexibility index (Phi) is 5.16. The molecule has 6 heteroatoms. The molecule has 0 N–H and O–H groups in total. The minimum absolute atomic E-state index is 0.0396. The lowest BCUT2D eigenvalue weighted by atomic mass is 10.0. The summed E-state index contributed by atoms with van der Waals surface area (Å²) in [7, 11) is 1.52. The van der Waals surface area contributed by atoms with Crippen LogP contribution in [-0.2, 0) is 25.0 Å². The number of carbonyl (C=O) groups excluding carboxylic acids is 1. The maximum absolute atomic E-state index is 11.5. The molecule has 18 heavy (non-hydrogen) atoms. The first kappa shape index (κ1) is 15.0. The van der Waals surface area contributed by atoms with E-state index in [9.17, 15) is 13.2 Å². The van der Waals surface area contributed by atoms with Crippen molar-refractivity contribution in [2.24, 2.45) is 5.92 Å². The second-order valence-electron chi connectivity index (χ2n) is 3.94. The topological polar surface area (TPSA) is 60.4 Å². The van der Waals surface area contributed by atoms with Gasteiger partial charge in [-0.25, -0.2) is 8.42 Å². The van der Waals surface area contributed by atoms with Crippen LogP contribution in [0.25, 0.3) is 0 Å². The van der Waals surface area contributed by atoms with Gasteiger partial charge >= 0.3 is 5.97 Å². The van der Waals surface area contributed by atoms with Gasteiger partial charge in [-0.05, 0) is 31.0 Å². The van der Waals surface area contributed by atoms with Gasteiger partial charge in [0.05, 0.1) is 17.4 Å². The van der Waals surface area contributed by atoms with E-state index in [2.05, 4.69) is 0 Å². The summed E-state index contributed by atoms with van der Waals surface area (Å²) in [6, 6.07) is 6.24. The van der Waals surface area contributed by atoms with Crippen LogP contribution in [0.2, 0.25) is 0 Å². The Balaban J connectivity index is 2.83. The molecule has 1 aromatic carbocycles. The fraction of sp³-hybridized carbons (Fsp3) is 0.417. The highest BCUT2D eigenvalue weighted by molar-refractivity contribution is 8.13. The van der Waals surface area contributed by atoms with Crippen molar-refractivity contribution in [3.8, 4) is 0 Å². The van der Waals surface area contributed by atoms with Crippen molar-refractivity contribution >= 4 is 25.7 Å². The summed E-state index contributed by atoms with van der Waals surface area (Å²) in [5.41, 5.74) is 0.734. The molecule has 1 atom stereocenters. The molecule has 0 amide bonds. The Morgan fingerprint density at radius 3 is 2.67 bits per heavy atom. The third-order valence-corrected chi connectivity index (χ3v) is 3.76. The zero-order chi connectivity index (χ0) is 13.8. The summed E-state index contributed by atoms with van der Waals surface area (Å²) in [5, 5.41) is 0. The molecule has 0 unspecified atom stereocenters. The Morgan fingerprint density at radius 1 is 1.44 bits per heavy atom. The number of hydrogen-bond acceptors (Lipinski definition) is 4. The molecule has 4 nitrogen and oxygen atoms in total. The summed E-state index contributed by atoms with van der Waals surface area (Å²) < 4.78 is 27.3. The number of halogens is 1. The lowest BCUT2D eigenvalue weighted by Gasteiger charge is -2.10. The standard InChI is InChI=1S/C12H15ClO4S/c1-3-17-12(14)9(2)7-10-5-4-6-11(8-10)18(13,15)16/h4-6,8-9H,3,7H2,1-2H3/t9-/m0/s1. The van der Waals surface area contributed by atoms with Gasteiger partial charge in [0.2, 0.25) is 0 Å². The normalized spacial score (nSPS) is 13.1. The van der Waals surface area contributed by atoms with Crippen molar-refractivity contribution in [1.29, 1.82) is 0 Å². The highest BCUT2D eigenvalue weighted by Crippen LogP contribution is 2.18. The molecule has 1 rings (SSSR count). The molecular weight excluding hydrogens is 276 g/mol. The van der Waals surface area contributed by atoms with Gasteiger partial charge in [0.15, 0.2) is 0 Å². The lowest BCUT2D eigenvalue weighted by molar-refractivity contribution is -0.147. The van der Waals surface area contributed by atoms with Crippen molar-refractivity contribution in [3.63, 3.8) is 0 Å². The van der Waals surface area contributed by atoms with Gasteiger partial charge in [-0.15, -0.1) is 0 Å². The van der Waals surface area contributed by atoms with Crippen LogP contribution >= 0.6 is 10.7 Å². The van der Waals surface area contributed by atoms with Crippen molar-refractivity contribution in [3.05, 3.63) is 29.8 Å². The average Bonchev–Trinajstić information content (AvgIpc) is 2.28. The molecule has 0 heterocycles. The molecule has 100 valence electrons. The largest absolute Gasteiger partial charge is 0.466 e. The second-order valence-corrected chi connectivity index (χ2v) is 6.51. The molecule has 0 aliphatic heterocycles. The predicted octanol–water partition coefficient (Wildman–Crippen LogP) is 2.36. The first-order valence-electron chi connectivity index (χ1n) is 5.54. The zero-order valence-corrected chi connectivity index (χ0v) is 11.8. The highest BCUT2D eigenvalue weighted by Gasteiger charge is 2.16. The van der Waals surface area contributed by atoms with Crippen LogP contribution in [0.1, 0.15) is 19.4 Å². The SMILES string of the molecule is CCOC(=O)[C@@H](C)Cc1cccc(S(=O)(=O)Cl)c1. The van der Waals surface area contributed by atoms with Gasteiger partial charge in [-0.3, -0.25) is 4.79 Å². The van der Waals surface area contributed by atoms with Crippen LogP contribution < -0.4 is 0 Å². The van der Waals surface area contributed by atoms with Gasteiger partial charge in [0.1, 0.15) is 0 Å². The van der Waals surface area contributed by atoms with Crippen LogP contribution in [-0.4, -0.2) is 21.0 Å². The van der Waals surface area contributed by atoms with Gasteiger partial charge in [0, 0.05) is 10.7 Å². The molecule has 1 aromatic rings. The number of ether oxygens (including phenoxy) is 1. The number of rotatable bonds is 5. The molecule has 0 bridgehead atoms. The van der Waals surface area contributed by atoms with Gasteiger partial charge in [-0.1, -0.05) is 19.1 Å². The Labute approximate surface area is 111 Å². The summed E-state index contributed by atoms with van der Waals surface area (Å²) >= 11 is 0. The van der Waals surface area contributed by atoms with Crippen molar-refractivity contribution in [2.75, 3.05) is 6.61 Å². The lowest BCUT2D eigenvalue weighted by Crippen LogP contribution is -2.17. The van der Waals surface area contributed by atoms with E-state index in [1.165, 1.54) is 12.1 Å². The van der Waals surface area contributed by atoms with Crippen LogP contribution in [0.15, 0.2) is 29.2 Å². The molecule has 0 fully saturated rings. The van der Waals surface area contributed by atoms with Gasteiger partial charge < -0.3 is 4.74 Å². The van der Waals surface area contributed by atoms with E-state index < -0.39 is 9.05 Å². The van der Waals surface area contributed by atoms with E-state index in [1.807, 2.05) is 0 Å². The van der Waals surface area contributed by atoms with Crippen molar-refractivity contribution in [1.82, 2.24) is 0 Å². The minimum atomic E-state index is -3.74. The monoisotopic (exact) mass is 290 g/mol. The molecule has 0 saturated heterocycles. The summed E-state index contributed by atoms with van der Waals surface area (Å²) in [6.07, 6.45) is 0.416. The van der Waals surface area contributed by atoms with E-state index in [0.29, 0.717) is 13.0 Å². The number of benzene rings is 1. The van der Waals surface area contributed by atoms with Crippen molar-refractivity contribution < 1.29 is 17.9 Å². The minimum Gasteiger partial charge on any atom is -0.466 e. The van der Waals surface area contributed by atoms with Crippen LogP contribution in [0.3, 0.4) is 0 Å². The van der Waals surface area contributed by atoms with Crippen molar-refractivity contribution in [2.45, 2.75) is 25.2 Å². The van der Waals surface area contributed by atoms with E-state index in [0.717, 1.165) is 5.56 Å². The number of carbonyl (C=O) groups is 1. The van der Waals surface area contributed by atoms with E-state index in [4.69, 9.17) is 15.4 Å². The van der Waals surface area contributed by atoms with E-state index in [-0.39, 0.29) is 16.8 Å². The van der Waals surface area contributed by atoms with E-state index >= 15 is 0 Å². The molecule has 0 spiro atoms. The first-order chi connectivity index (χ1) is 8.34. The smallest absolute Gasteiger partial charge is 0.308 e. The van der Waals surface area contributed by atoms with Crippen LogP contribution in [0.5, 0.6) is 0 Å². The number of hydrogen-bond donors (Lipinski definition) is 0. The Hall–Kier alpha value is -1.07. The van der Waals surface area contributed by atoms with Crippen LogP contribution in [0, 0.1) is 5.92 Å². The Morgan fingerprint density at radius 2 is 2.11 bits per heavy atom. The maximum Gasteiger partial charge on any atom is 0.308 e. The summed E-state index contributed by atoms with van der Waals surface area (Å²) in [4.78, 5) is 11.5. The predicted molar refractivity (Wildman–Crippen MR) is 69.0 cm³/mol. The molecule has 0 saturated carbocycles. The summed E-state index contributed by atoms with van der Waals surface area (Å²) in [6.45, 7) is 3.81. The maximum atomic E-state index is 11.5. The average molecular weight is 291 g/mol. The molecular formula is C12H15ClO4S.